The number of aliphatic imine (C=N–C) groups is 1. The maximum Gasteiger partial charge on any atom is 0.191 e. The molecule has 2 N–H and O–H groups in total. The molecule has 0 saturated carbocycles. The van der Waals surface area contributed by atoms with Crippen LogP contribution in [0.15, 0.2) is 40.8 Å². The number of aromatic nitrogens is 1. The predicted octanol–water partition coefficient (Wildman–Crippen LogP) is 2.84. The molecule has 0 spiro atoms. The maximum absolute atomic E-state index is 5.46. The standard InChI is InChI=1S/C20H29N5OS/c1-3-21-20(23-14-16(2)18-7-5-13-27-18)24-15-17-6-4-8-22-19(17)25-9-11-26-12-10-25/h4-8,13,16H,3,9-12,14-15H2,1-2H3,(H2,21,23,24). The molecular weight excluding hydrogens is 358 g/mol. The molecule has 7 heteroatoms. The molecular formula is C20H29N5OS. The van der Waals surface area contributed by atoms with Gasteiger partial charge in [0.05, 0.1) is 19.8 Å². The summed E-state index contributed by atoms with van der Waals surface area (Å²) in [5, 5.41) is 8.94. The van der Waals surface area contributed by atoms with Crippen molar-refractivity contribution >= 4 is 23.1 Å². The van der Waals surface area contributed by atoms with E-state index >= 15 is 0 Å². The summed E-state index contributed by atoms with van der Waals surface area (Å²) in [6, 6.07) is 8.38. The zero-order valence-corrected chi connectivity index (χ0v) is 17.0. The van der Waals surface area contributed by atoms with Crippen LogP contribution in [0.25, 0.3) is 0 Å². The monoisotopic (exact) mass is 387 g/mol. The first-order valence-corrected chi connectivity index (χ1v) is 10.5. The maximum atomic E-state index is 5.46. The molecule has 3 rings (SSSR count). The highest BCUT2D eigenvalue weighted by Gasteiger charge is 2.15. The van der Waals surface area contributed by atoms with Crippen LogP contribution >= 0.6 is 11.3 Å². The van der Waals surface area contributed by atoms with Crippen molar-refractivity contribution in [1.82, 2.24) is 15.6 Å². The third-order valence-corrected chi connectivity index (χ3v) is 5.64. The second-order valence-electron chi connectivity index (χ2n) is 6.58. The van der Waals surface area contributed by atoms with Crippen LogP contribution in [0, 0.1) is 0 Å². The van der Waals surface area contributed by atoms with E-state index in [0.29, 0.717) is 12.5 Å². The van der Waals surface area contributed by atoms with E-state index in [4.69, 9.17) is 9.73 Å². The largest absolute Gasteiger partial charge is 0.378 e. The molecule has 0 amide bonds. The third-order valence-electron chi connectivity index (χ3n) is 4.53. The first kappa shape index (κ1) is 19.6. The molecule has 0 aliphatic carbocycles. The predicted molar refractivity (Wildman–Crippen MR) is 113 cm³/mol. The summed E-state index contributed by atoms with van der Waals surface area (Å²) < 4.78 is 5.46. The lowest BCUT2D eigenvalue weighted by atomic mass is 10.1. The Morgan fingerprint density at radius 3 is 2.89 bits per heavy atom. The molecule has 1 aliphatic rings. The van der Waals surface area contributed by atoms with Crippen LogP contribution in [0.1, 0.15) is 30.2 Å². The summed E-state index contributed by atoms with van der Waals surface area (Å²) in [5.74, 6) is 2.32. The van der Waals surface area contributed by atoms with E-state index in [1.807, 2.05) is 12.3 Å². The number of pyridine rings is 1. The van der Waals surface area contributed by atoms with Crippen LogP contribution in [-0.4, -0.2) is 50.3 Å². The average molecular weight is 388 g/mol. The van der Waals surface area contributed by atoms with Crippen molar-refractivity contribution < 1.29 is 4.74 Å². The van der Waals surface area contributed by atoms with E-state index in [9.17, 15) is 0 Å². The van der Waals surface area contributed by atoms with E-state index in [1.54, 1.807) is 11.3 Å². The van der Waals surface area contributed by atoms with Crippen LogP contribution in [-0.2, 0) is 11.3 Å². The number of nitrogens with zero attached hydrogens (tertiary/aromatic N) is 3. The van der Waals surface area contributed by atoms with Gasteiger partial charge in [-0.1, -0.05) is 19.1 Å². The van der Waals surface area contributed by atoms with Gasteiger partial charge in [-0.05, 0) is 24.4 Å². The summed E-state index contributed by atoms with van der Waals surface area (Å²) >= 11 is 1.80. The Bertz CT molecular complexity index is 713. The minimum atomic E-state index is 0.455. The fraction of sp³-hybridized carbons (Fsp3) is 0.500. The Morgan fingerprint density at radius 2 is 2.15 bits per heavy atom. The summed E-state index contributed by atoms with van der Waals surface area (Å²) in [4.78, 5) is 13.1. The molecule has 3 heterocycles. The summed E-state index contributed by atoms with van der Waals surface area (Å²) in [6.07, 6.45) is 1.85. The second kappa shape index (κ2) is 10.3. The van der Waals surface area contributed by atoms with Gasteiger partial charge in [-0.25, -0.2) is 9.98 Å². The van der Waals surface area contributed by atoms with Gasteiger partial charge in [0.15, 0.2) is 5.96 Å². The van der Waals surface area contributed by atoms with Gasteiger partial charge in [0.25, 0.3) is 0 Å². The van der Waals surface area contributed by atoms with Gasteiger partial charge in [-0.15, -0.1) is 11.3 Å². The minimum absolute atomic E-state index is 0.455. The molecule has 0 radical (unpaired) electrons. The number of hydrogen-bond acceptors (Lipinski definition) is 5. The number of rotatable bonds is 7. The van der Waals surface area contributed by atoms with Crippen molar-refractivity contribution in [3.63, 3.8) is 0 Å². The van der Waals surface area contributed by atoms with Crippen molar-refractivity contribution in [3.8, 4) is 0 Å². The van der Waals surface area contributed by atoms with Crippen LogP contribution in [0.3, 0.4) is 0 Å². The van der Waals surface area contributed by atoms with Gasteiger partial charge in [0.1, 0.15) is 5.82 Å². The normalized spacial score (nSPS) is 16.2. The Kier molecular flexibility index (Phi) is 7.47. The fourth-order valence-corrected chi connectivity index (χ4v) is 3.83. The van der Waals surface area contributed by atoms with Gasteiger partial charge < -0.3 is 20.3 Å². The SMILES string of the molecule is CCNC(=NCc1cccnc1N1CCOCC1)NCC(C)c1cccs1. The van der Waals surface area contributed by atoms with Crippen LogP contribution in [0.4, 0.5) is 5.82 Å². The van der Waals surface area contributed by atoms with Gasteiger partial charge in [0.2, 0.25) is 0 Å². The van der Waals surface area contributed by atoms with E-state index in [2.05, 4.69) is 57.9 Å². The molecule has 0 bridgehead atoms. The highest BCUT2D eigenvalue weighted by atomic mass is 32.1. The van der Waals surface area contributed by atoms with Crippen LogP contribution in [0.5, 0.6) is 0 Å². The topological polar surface area (TPSA) is 61.8 Å². The number of ether oxygens (including phenoxy) is 1. The lowest BCUT2D eigenvalue weighted by molar-refractivity contribution is 0.122. The Hall–Kier alpha value is -2.12. The second-order valence-corrected chi connectivity index (χ2v) is 7.56. The van der Waals surface area contributed by atoms with Crippen LogP contribution < -0.4 is 15.5 Å². The quantitative estimate of drug-likeness (QED) is 0.565. The van der Waals surface area contributed by atoms with Crippen molar-refractivity contribution in [1.29, 1.82) is 0 Å². The third kappa shape index (κ3) is 5.68. The summed E-state index contributed by atoms with van der Waals surface area (Å²) in [5.41, 5.74) is 1.14. The number of nitrogens with one attached hydrogen (secondary N) is 2. The molecule has 1 aliphatic heterocycles. The molecule has 1 saturated heterocycles. The van der Waals surface area contributed by atoms with Gasteiger partial charge in [-0.3, -0.25) is 0 Å². The van der Waals surface area contributed by atoms with Crippen molar-refractivity contribution in [2.45, 2.75) is 26.3 Å². The van der Waals surface area contributed by atoms with Crippen LogP contribution in [0.2, 0.25) is 0 Å². The first-order valence-electron chi connectivity index (χ1n) is 9.60. The number of morpholine rings is 1. The zero-order chi connectivity index (χ0) is 18.9. The number of thiophene rings is 1. The van der Waals surface area contributed by atoms with Crippen molar-refractivity contribution in [2.75, 3.05) is 44.3 Å². The van der Waals surface area contributed by atoms with E-state index in [-0.39, 0.29) is 0 Å². The van der Waals surface area contributed by atoms with E-state index in [0.717, 1.165) is 56.7 Å². The zero-order valence-electron chi connectivity index (χ0n) is 16.1. The van der Waals surface area contributed by atoms with Crippen molar-refractivity contribution in [2.24, 2.45) is 4.99 Å². The molecule has 1 atom stereocenters. The molecule has 0 aromatic carbocycles. The molecule has 2 aromatic rings. The average Bonchev–Trinajstić information content (AvgIpc) is 3.26. The fourth-order valence-electron chi connectivity index (χ4n) is 3.04. The van der Waals surface area contributed by atoms with Crippen molar-refractivity contribution in [3.05, 3.63) is 46.3 Å². The molecule has 27 heavy (non-hydrogen) atoms. The summed E-state index contributed by atoms with van der Waals surface area (Å²) in [7, 11) is 0. The van der Waals surface area contributed by atoms with Gasteiger partial charge in [0, 0.05) is 48.7 Å². The minimum Gasteiger partial charge on any atom is -0.378 e. The number of guanidine groups is 1. The smallest absolute Gasteiger partial charge is 0.191 e. The van der Waals surface area contributed by atoms with E-state index in [1.165, 1.54) is 4.88 Å². The first-order chi connectivity index (χ1) is 13.3. The molecule has 1 fully saturated rings. The number of anilines is 1. The van der Waals surface area contributed by atoms with Gasteiger partial charge in [-0.2, -0.15) is 0 Å². The Balaban J connectivity index is 1.64. The molecule has 146 valence electrons. The lowest BCUT2D eigenvalue weighted by Gasteiger charge is -2.29. The van der Waals surface area contributed by atoms with E-state index < -0.39 is 0 Å². The molecule has 2 aromatic heterocycles. The highest BCUT2D eigenvalue weighted by molar-refractivity contribution is 7.10. The molecule has 1 unspecified atom stereocenters. The lowest BCUT2D eigenvalue weighted by Crippen LogP contribution is -2.39. The van der Waals surface area contributed by atoms with Gasteiger partial charge >= 0.3 is 0 Å². The summed E-state index contributed by atoms with van der Waals surface area (Å²) in [6.45, 7) is 9.88. The number of hydrogen-bond donors (Lipinski definition) is 2. The Morgan fingerprint density at radius 1 is 1.30 bits per heavy atom. The Labute approximate surface area is 165 Å². The highest BCUT2D eigenvalue weighted by Crippen LogP contribution is 2.20. The molecule has 6 nitrogen and oxygen atoms in total.